The van der Waals surface area contributed by atoms with Gasteiger partial charge in [-0.15, -0.1) is 5.10 Å². The quantitative estimate of drug-likeness (QED) is 0.894. The summed E-state index contributed by atoms with van der Waals surface area (Å²) < 4.78 is 12.7. The van der Waals surface area contributed by atoms with Crippen molar-refractivity contribution in [3.63, 3.8) is 0 Å². The topological polar surface area (TPSA) is 86.5 Å². The van der Waals surface area contributed by atoms with Gasteiger partial charge in [-0.2, -0.15) is 0 Å². The van der Waals surface area contributed by atoms with Gasteiger partial charge in [0.25, 0.3) is 0 Å². The first kappa shape index (κ1) is 13.0. The van der Waals surface area contributed by atoms with Gasteiger partial charge in [-0.3, -0.25) is 0 Å². The average molecular weight is 277 g/mol. The van der Waals surface area contributed by atoms with E-state index in [0.717, 1.165) is 11.9 Å². The van der Waals surface area contributed by atoms with Crippen LogP contribution in [0.2, 0.25) is 0 Å². The van der Waals surface area contributed by atoms with Crippen molar-refractivity contribution in [1.29, 1.82) is 0 Å². The molecule has 3 rings (SSSR count). The molecule has 2 heterocycles. The highest BCUT2D eigenvalue weighted by Gasteiger charge is 2.36. The van der Waals surface area contributed by atoms with Crippen LogP contribution in [-0.4, -0.2) is 52.0 Å². The summed E-state index contributed by atoms with van der Waals surface area (Å²) in [5.74, 6) is -0.973. The Balaban J connectivity index is 1.94. The molecule has 1 saturated heterocycles. The van der Waals surface area contributed by atoms with E-state index in [4.69, 9.17) is 14.6 Å². The Morgan fingerprint density at radius 1 is 1.60 bits per heavy atom. The summed E-state index contributed by atoms with van der Waals surface area (Å²) in [6.07, 6.45) is 0.804. The van der Waals surface area contributed by atoms with Crippen molar-refractivity contribution >= 4 is 17.0 Å². The molecule has 1 aromatic heterocycles. The lowest BCUT2D eigenvalue weighted by molar-refractivity contribution is -0.0312. The minimum atomic E-state index is -0.973. The fourth-order valence-corrected chi connectivity index (χ4v) is 2.43. The van der Waals surface area contributed by atoms with Crippen molar-refractivity contribution in [3.8, 4) is 0 Å². The Morgan fingerprint density at radius 3 is 3.10 bits per heavy atom. The molecule has 0 saturated carbocycles. The molecule has 7 nitrogen and oxygen atoms in total. The van der Waals surface area contributed by atoms with Gasteiger partial charge in [0.1, 0.15) is 11.1 Å². The van der Waals surface area contributed by atoms with Crippen LogP contribution in [0.4, 0.5) is 0 Å². The average Bonchev–Trinajstić information content (AvgIpc) is 3.07. The number of methoxy groups -OCH3 is 1. The molecule has 1 unspecified atom stereocenters. The van der Waals surface area contributed by atoms with Crippen molar-refractivity contribution in [2.24, 2.45) is 0 Å². The molecule has 20 heavy (non-hydrogen) atoms. The molecule has 0 bridgehead atoms. The maximum absolute atomic E-state index is 10.9. The summed E-state index contributed by atoms with van der Waals surface area (Å²) in [7, 11) is 1.66. The summed E-state index contributed by atoms with van der Waals surface area (Å²) in [5, 5.41) is 17.1. The molecule has 1 fully saturated rings. The molecule has 0 amide bonds. The van der Waals surface area contributed by atoms with Crippen LogP contribution < -0.4 is 0 Å². The van der Waals surface area contributed by atoms with E-state index in [1.165, 1.54) is 6.07 Å². The lowest BCUT2D eigenvalue weighted by atomic mass is 10.0. The molecular weight excluding hydrogens is 262 g/mol. The van der Waals surface area contributed by atoms with E-state index >= 15 is 0 Å². The monoisotopic (exact) mass is 277 g/mol. The number of hydrogen-bond donors (Lipinski definition) is 1. The zero-order valence-corrected chi connectivity index (χ0v) is 11.1. The van der Waals surface area contributed by atoms with Crippen LogP contribution in [0, 0.1) is 0 Å². The van der Waals surface area contributed by atoms with Crippen LogP contribution in [0.3, 0.4) is 0 Å². The normalized spacial score (nSPS) is 22.4. The van der Waals surface area contributed by atoms with Gasteiger partial charge in [-0.1, -0.05) is 5.21 Å². The van der Waals surface area contributed by atoms with Gasteiger partial charge in [0.05, 0.1) is 24.2 Å². The van der Waals surface area contributed by atoms with Gasteiger partial charge in [0.15, 0.2) is 0 Å². The van der Waals surface area contributed by atoms with E-state index in [1.807, 2.05) is 0 Å². The predicted molar refractivity (Wildman–Crippen MR) is 69.7 cm³/mol. The largest absolute Gasteiger partial charge is 0.478 e. The Kier molecular flexibility index (Phi) is 3.15. The number of fused-ring (bicyclic) bond motifs is 1. The summed E-state index contributed by atoms with van der Waals surface area (Å²) in [6.45, 7) is 1.73. The molecule has 1 aliphatic rings. The highest BCUT2D eigenvalue weighted by atomic mass is 16.5. The molecule has 0 radical (unpaired) electrons. The number of hydrogen-bond acceptors (Lipinski definition) is 5. The zero-order chi connectivity index (χ0) is 14.2. The Morgan fingerprint density at radius 2 is 2.45 bits per heavy atom. The molecule has 1 N–H and O–H groups in total. The summed E-state index contributed by atoms with van der Waals surface area (Å²) in [6, 6.07) is 4.79. The molecular formula is C13H15N3O4. The maximum atomic E-state index is 10.9. The molecule has 7 heteroatoms. The smallest absolute Gasteiger partial charge is 0.335 e. The van der Waals surface area contributed by atoms with Gasteiger partial charge in [-0.05, 0) is 18.2 Å². The number of ether oxygens (including phenoxy) is 2. The van der Waals surface area contributed by atoms with Gasteiger partial charge in [0, 0.05) is 20.1 Å². The predicted octanol–water partition coefficient (Wildman–Crippen LogP) is 0.935. The van der Waals surface area contributed by atoms with Crippen LogP contribution in [0.5, 0.6) is 0 Å². The van der Waals surface area contributed by atoms with Crippen LogP contribution in [-0.2, 0) is 16.0 Å². The second kappa shape index (κ2) is 4.84. The summed E-state index contributed by atoms with van der Waals surface area (Å²) >= 11 is 0. The fraction of sp³-hybridized carbons (Fsp3) is 0.462. The van der Waals surface area contributed by atoms with E-state index in [1.54, 1.807) is 23.9 Å². The van der Waals surface area contributed by atoms with Gasteiger partial charge >= 0.3 is 5.97 Å². The van der Waals surface area contributed by atoms with Gasteiger partial charge < -0.3 is 14.6 Å². The first-order valence-electron chi connectivity index (χ1n) is 6.33. The second-order valence-corrected chi connectivity index (χ2v) is 4.95. The minimum absolute atomic E-state index is 0.204. The highest BCUT2D eigenvalue weighted by molar-refractivity contribution is 5.92. The lowest BCUT2D eigenvalue weighted by Gasteiger charge is -2.25. The number of nitrogens with zero attached hydrogens (tertiary/aromatic N) is 3. The molecule has 1 aliphatic heterocycles. The van der Waals surface area contributed by atoms with Crippen molar-refractivity contribution in [2.75, 3.05) is 20.3 Å². The number of carbonyl (C=O) groups is 1. The number of benzene rings is 1. The number of aromatic nitrogens is 3. The standard InChI is InChI=1S/C13H15N3O4/c1-19-13(4-5-20-8-13)7-16-11-3-2-9(12(17)18)6-10(11)14-15-16/h2-3,6H,4-5,7-8H2,1H3,(H,17,18). The van der Waals surface area contributed by atoms with E-state index in [0.29, 0.717) is 25.3 Å². The first-order valence-corrected chi connectivity index (χ1v) is 6.33. The Bertz CT molecular complexity index is 646. The van der Waals surface area contributed by atoms with E-state index in [2.05, 4.69) is 10.3 Å². The molecule has 0 aliphatic carbocycles. The molecule has 1 aromatic carbocycles. The highest BCUT2D eigenvalue weighted by Crippen LogP contribution is 2.26. The summed E-state index contributed by atoms with van der Waals surface area (Å²) in [4.78, 5) is 10.9. The van der Waals surface area contributed by atoms with Crippen molar-refractivity contribution in [3.05, 3.63) is 23.8 Å². The number of aromatic carboxylic acids is 1. The molecule has 1 atom stereocenters. The van der Waals surface area contributed by atoms with E-state index < -0.39 is 5.97 Å². The van der Waals surface area contributed by atoms with Crippen LogP contribution in [0.15, 0.2) is 18.2 Å². The van der Waals surface area contributed by atoms with Crippen LogP contribution in [0.25, 0.3) is 11.0 Å². The number of carboxylic acids is 1. The van der Waals surface area contributed by atoms with Gasteiger partial charge in [0.2, 0.25) is 0 Å². The molecule has 106 valence electrons. The van der Waals surface area contributed by atoms with E-state index in [-0.39, 0.29) is 11.2 Å². The maximum Gasteiger partial charge on any atom is 0.335 e. The Hall–Kier alpha value is -1.99. The number of rotatable bonds is 4. The third-order valence-corrected chi connectivity index (χ3v) is 3.70. The Labute approximate surface area is 115 Å². The lowest BCUT2D eigenvalue weighted by Crippen LogP contribution is -2.37. The molecule has 2 aromatic rings. The minimum Gasteiger partial charge on any atom is -0.478 e. The second-order valence-electron chi connectivity index (χ2n) is 4.95. The van der Waals surface area contributed by atoms with Crippen molar-refractivity contribution < 1.29 is 19.4 Å². The number of carboxylic acid groups (broad SMARTS) is 1. The van der Waals surface area contributed by atoms with E-state index in [9.17, 15) is 4.79 Å². The fourth-order valence-electron chi connectivity index (χ4n) is 2.43. The molecule has 0 spiro atoms. The summed E-state index contributed by atoms with van der Waals surface area (Å²) in [5.41, 5.74) is 1.18. The van der Waals surface area contributed by atoms with Crippen LogP contribution in [0.1, 0.15) is 16.8 Å². The van der Waals surface area contributed by atoms with Gasteiger partial charge in [-0.25, -0.2) is 9.48 Å². The van der Waals surface area contributed by atoms with Crippen LogP contribution >= 0.6 is 0 Å². The third kappa shape index (κ3) is 2.14. The zero-order valence-electron chi connectivity index (χ0n) is 11.1. The first-order chi connectivity index (χ1) is 9.63. The van der Waals surface area contributed by atoms with Crippen molar-refractivity contribution in [1.82, 2.24) is 15.0 Å². The SMILES string of the molecule is COC1(Cn2nnc3cc(C(=O)O)ccc32)CCOC1. The third-order valence-electron chi connectivity index (χ3n) is 3.70. The van der Waals surface area contributed by atoms with Crippen molar-refractivity contribution in [2.45, 2.75) is 18.6 Å².